The molecular formula is C24H56Br2N2O. The van der Waals surface area contributed by atoms with Gasteiger partial charge in [0, 0.05) is 0 Å². The first-order valence-corrected chi connectivity index (χ1v) is 11.8. The molecule has 0 radical (unpaired) electrons. The molecule has 0 aliphatic heterocycles. The molecule has 3 nitrogen and oxygen atoms in total. The van der Waals surface area contributed by atoms with Crippen molar-refractivity contribution in [3.63, 3.8) is 0 Å². The number of aliphatic hydroxyl groups is 1. The van der Waals surface area contributed by atoms with E-state index in [1.165, 1.54) is 96.4 Å². The van der Waals surface area contributed by atoms with Crippen molar-refractivity contribution in [2.24, 2.45) is 0 Å². The fraction of sp³-hybridized carbons (Fsp3) is 1.00. The van der Waals surface area contributed by atoms with Crippen LogP contribution in [0.3, 0.4) is 0 Å². The van der Waals surface area contributed by atoms with Gasteiger partial charge in [-0.25, -0.2) is 0 Å². The summed E-state index contributed by atoms with van der Waals surface area (Å²) in [6, 6.07) is 0. The van der Waals surface area contributed by atoms with E-state index in [0.29, 0.717) is 0 Å². The molecule has 0 atom stereocenters. The second-order valence-electron chi connectivity index (χ2n) is 10.3. The molecular weight excluding hydrogens is 492 g/mol. The summed E-state index contributed by atoms with van der Waals surface area (Å²) in [5, 5.41) is 8.39. The van der Waals surface area contributed by atoms with Gasteiger partial charge in [-0.05, 0) is 12.8 Å². The SMILES string of the molecule is CCCCCCCCCCCCCCCC[N+](C)(C)C.C[N+](C)(C)CCO.[Br-].[Br-]. The van der Waals surface area contributed by atoms with Crippen molar-refractivity contribution in [2.45, 2.75) is 96.8 Å². The Kier molecular flexibility index (Phi) is 32.2. The third kappa shape index (κ3) is 43.6. The molecule has 29 heavy (non-hydrogen) atoms. The Bertz CT molecular complexity index is 290. The Labute approximate surface area is 206 Å². The predicted octanol–water partition coefficient (Wildman–Crippen LogP) is -0.133. The monoisotopic (exact) mass is 546 g/mol. The molecule has 0 spiro atoms. The van der Waals surface area contributed by atoms with Gasteiger partial charge in [-0.1, -0.05) is 84.0 Å². The third-order valence-corrected chi connectivity index (χ3v) is 4.95. The highest BCUT2D eigenvalue weighted by atomic mass is 79.9. The van der Waals surface area contributed by atoms with Crippen LogP contribution in [0.1, 0.15) is 96.8 Å². The zero-order chi connectivity index (χ0) is 21.0. The highest BCUT2D eigenvalue weighted by Crippen LogP contribution is 2.13. The summed E-state index contributed by atoms with van der Waals surface area (Å²) in [4.78, 5) is 0. The summed E-state index contributed by atoms with van der Waals surface area (Å²) in [7, 11) is 13.0. The fourth-order valence-electron chi connectivity index (χ4n) is 3.08. The number of nitrogens with zero attached hydrogens (tertiary/aromatic N) is 2. The van der Waals surface area contributed by atoms with Gasteiger partial charge >= 0.3 is 0 Å². The van der Waals surface area contributed by atoms with E-state index in [9.17, 15) is 0 Å². The quantitative estimate of drug-likeness (QED) is 0.199. The highest BCUT2D eigenvalue weighted by molar-refractivity contribution is 4.49. The Morgan fingerprint density at radius 3 is 0.931 bits per heavy atom. The molecule has 0 aliphatic carbocycles. The summed E-state index contributed by atoms with van der Waals surface area (Å²) in [5.74, 6) is 0. The second-order valence-corrected chi connectivity index (χ2v) is 10.3. The summed E-state index contributed by atoms with van der Waals surface area (Å²) < 4.78 is 1.97. The zero-order valence-electron chi connectivity index (χ0n) is 21.1. The number of quaternary nitrogens is 2. The highest BCUT2D eigenvalue weighted by Gasteiger charge is 2.05. The number of unbranched alkanes of at least 4 members (excludes halogenated alkanes) is 13. The van der Waals surface area contributed by atoms with Crippen LogP contribution in [0, 0.1) is 0 Å². The van der Waals surface area contributed by atoms with Crippen LogP contribution in [0.15, 0.2) is 0 Å². The van der Waals surface area contributed by atoms with Crippen molar-refractivity contribution >= 4 is 0 Å². The third-order valence-electron chi connectivity index (χ3n) is 4.95. The molecule has 0 amide bonds. The van der Waals surface area contributed by atoms with Crippen LogP contribution >= 0.6 is 0 Å². The Morgan fingerprint density at radius 2 is 0.724 bits per heavy atom. The van der Waals surface area contributed by atoms with Gasteiger partial charge in [0.05, 0.1) is 55.4 Å². The Balaban J connectivity index is -0.000000298. The molecule has 0 fully saturated rings. The number of likely N-dealkylation sites (N-methyl/N-ethyl adjacent to an activating group) is 1. The van der Waals surface area contributed by atoms with E-state index in [0.717, 1.165) is 15.5 Å². The molecule has 0 aromatic carbocycles. The molecule has 0 aromatic heterocycles. The minimum atomic E-state index is 0. The van der Waals surface area contributed by atoms with Crippen molar-refractivity contribution in [2.75, 3.05) is 62.0 Å². The minimum absolute atomic E-state index is 0. The van der Waals surface area contributed by atoms with Crippen molar-refractivity contribution < 1.29 is 48.0 Å². The van der Waals surface area contributed by atoms with Crippen LogP contribution in [0.4, 0.5) is 0 Å². The maximum absolute atomic E-state index is 8.39. The summed E-state index contributed by atoms with van der Waals surface area (Å²) >= 11 is 0. The van der Waals surface area contributed by atoms with Gasteiger partial charge in [0.2, 0.25) is 0 Å². The molecule has 5 heteroatoms. The lowest BCUT2D eigenvalue weighted by Gasteiger charge is -2.23. The van der Waals surface area contributed by atoms with Gasteiger partial charge in [-0.3, -0.25) is 0 Å². The van der Waals surface area contributed by atoms with Crippen LogP contribution in [0.5, 0.6) is 0 Å². The maximum atomic E-state index is 8.39. The van der Waals surface area contributed by atoms with Crippen molar-refractivity contribution in [3.8, 4) is 0 Å². The van der Waals surface area contributed by atoms with Crippen molar-refractivity contribution in [1.82, 2.24) is 0 Å². The molecule has 0 rings (SSSR count). The summed E-state index contributed by atoms with van der Waals surface area (Å²) in [6.45, 7) is 4.74. The van der Waals surface area contributed by atoms with Crippen LogP contribution in [-0.2, 0) is 0 Å². The molecule has 0 aromatic rings. The molecule has 0 unspecified atom stereocenters. The molecule has 1 N–H and O–H groups in total. The van der Waals surface area contributed by atoms with E-state index >= 15 is 0 Å². The van der Waals surface area contributed by atoms with E-state index in [1.54, 1.807) is 0 Å². The molecule has 182 valence electrons. The van der Waals surface area contributed by atoms with Gasteiger partial charge in [-0.15, -0.1) is 0 Å². The minimum Gasteiger partial charge on any atom is -1.00 e. The Morgan fingerprint density at radius 1 is 0.448 bits per heavy atom. The summed E-state index contributed by atoms with van der Waals surface area (Å²) in [6.07, 6.45) is 20.4. The largest absolute Gasteiger partial charge is 1.00 e. The number of aliphatic hydroxyl groups excluding tert-OH is 1. The van der Waals surface area contributed by atoms with Gasteiger partial charge in [0.15, 0.2) is 0 Å². The number of halogens is 2. The van der Waals surface area contributed by atoms with Crippen LogP contribution in [0.2, 0.25) is 0 Å². The van der Waals surface area contributed by atoms with E-state index in [2.05, 4.69) is 49.2 Å². The van der Waals surface area contributed by atoms with E-state index in [1.807, 2.05) is 0 Å². The van der Waals surface area contributed by atoms with Gasteiger partial charge in [0.1, 0.15) is 6.54 Å². The van der Waals surface area contributed by atoms with Crippen LogP contribution < -0.4 is 34.0 Å². The zero-order valence-corrected chi connectivity index (χ0v) is 24.3. The van der Waals surface area contributed by atoms with Crippen LogP contribution in [0.25, 0.3) is 0 Å². The molecule has 0 heterocycles. The lowest BCUT2D eigenvalue weighted by atomic mass is 10.0. The van der Waals surface area contributed by atoms with E-state index in [4.69, 9.17) is 5.11 Å². The number of hydrogen-bond donors (Lipinski definition) is 1. The van der Waals surface area contributed by atoms with E-state index in [-0.39, 0.29) is 40.6 Å². The molecule has 0 saturated carbocycles. The van der Waals surface area contributed by atoms with Crippen LogP contribution in [-0.4, -0.2) is 76.1 Å². The van der Waals surface area contributed by atoms with Gasteiger partial charge in [0.25, 0.3) is 0 Å². The van der Waals surface area contributed by atoms with Gasteiger partial charge in [-0.2, -0.15) is 0 Å². The number of hydrogen-bond acceptors (Lipinski definition) is 1. The number of rotatable bonds is 17. The van der Waals surface area contributed by atoms with E-state index < -0.39 is 0 Å². The molecule has 0 bridgehead atoms. The standard InChI is InChI=1S/C19H42N.C5H14NO.2BrH/c1-5-6-7-8-9-10-11-12-13-14-15-16-17-18-19-20(2,3)4;1-6(2,3)4-5-7;;/h5-19H2,1-4H3;7H,4-5H2,1-3H3;2*1H/q2*+1;;/p-2. The first-order valence-electron chi connectivity index (χ1n) is 11.8. The van der Waals surface area contributed by atoms with Crippen molar-refractivity contribution in [3.05, 3.63) is 0 Å². The first-order chi connectivity index (χ1) is 12.6. The summed E-state index contributed by atoms with van der Waals surface area (Å²) in [5.41, 5.74) is 0. The normalized spacial score (nSPS) is 11.2. The molecule has 0 aliphatic rings. The second kappa shape index (κ2) is 25.1. The van der Waals surface area contributed by atoms with Crippen molar-refractivity contribution in [1.29, 1.82) is 0 Å². The van der Waals surface area contributed by atoms with Gasteiger partial charge < -0.3 is 48.0 Å². The topological polar surface area (TPSA) is 20.2 Å². The average molecular weight is 549 g/mol. The average Bonchev–Trinajstić information content (AvgIpc) is 2.53. The molecule has 0 saturated heterocycles. The Hall–Kier alpha value is 0.840. The lowest BCUT2D eigenvalue weighted by molar-refractivity contribution is -0.870. The lowest BCUT2D eigenvalue weighted by Crippen LogP contribution is -3.00. The maximum Gasteiger partial charge on any atom is 0.101 e. The first kappa shape index (κ1) is 37.2. The smallest absolute Gasteiger partial charge is 0.101 e. The fourth-order valence-corrected chi connectivity index (χ4v) is 3.08. The predicted molar refractivity (Wildman–Crippen MR) is 123 cm³/mol.